The number of hydrogen-bond acceptors (Lipinski definition) is 2. The highest BCUT2D eigenvalue weighted by Crippen LogP contribution is 2.35. The first-order valence-electron chi connectivity index (χ1n) is 10.7. The number of aryl methyl sites for hydroxylation is 2. The second kappa shape index (κ2) is 7.88. The molecule has 1 aromatic heterocycles. The van der Waals surface area contributed by atoms with Gasteiger partial charge in [0, 0.05) is 30.8 Å². The summed E-state index contributed by atoms with van der Waals surface area (Å²) in [6, 6.07) is 24.7. The number of para-hydroxylation sites is 2. The number of nitrogens with zero attached hydrogens (tertiary/aromatic N) is 3. The Labute approximate surface area is 182 Å². The molecular weight excluding hydrogens is 382 g/mol. The molecule has 0 bridgehead atoms. The van der Waals surface area contributed by atoms with Gasteiger partial charge in [0.15, 0.2) is 0 Å². The fourth-order valence-corrected chi connectivity index (χ4v) is 4.45. The van der Waals surface area contributed by atoms with Gasteiger partial charge in [0.05, 0.1) is 11.0 Å². The van der Waals surface area contributed by atoms with Gasteiger partial charge in [-0.3, -0.25) is 4.79 Å². The minimum Gasteiger partial charge on any atom is -0.311 e. The Bertz CT molecular complexity index is 1290. The van der Waals surface area contributed by atoms with E-state index in [1.54, 1.807) is 0 Å². The van der Waals surface area contributed by atoms with Crippen LogP contribution in [0.2, 0.25) is 0 Å². The maximum Gasteiger partial charge on any atom is 0.227 e. The molecule has 4 heteroatoms. The number of fused-ring (bicyclic) bond motifs is 1. The van der Waals surface area contributed by atoms with E-state index in [1.807, 2.05) is 41.3 Å². The number of imidazole rings is 1. The van der Waals surface area contributed by atoms with Crippen molar-refractivity contribution in [1.82, 2.24) is 9.55 Å². The van der Waals surface area contributed by atoms with E-state index in [4.69, 9.17) is 4.98 Å². The summed E-state index contributed by atoms with van der Waals surface area (Å²) in [5.41, 5.74) is 6.48. The molecule has 31 heavy (non-hydrogen) atoms. The molecule has 0 aliphatic carbocycles. The number of amides is 1. The lowest BCUT2D eigenvalue weighted by Gasteiger charge is -2.19. The highest BCUT2D eigenvalue weighted by Gasteiger charge is 2.35. The van der Waals surface area contributed by atoms with Crippen LogP contribution < -0.4 is 4.90 Å². The van der Waals surface area contributed by atoms with Crippen LogP contribution in [0.5, 0.6) is 0 Å². The predicted molar refractivity (Wildman–Crippen MR) is 127 cm³/mol. The Balaban J connectivity index is 1.53. The quantitative estimate of drug-likeness (QED) is 0.429. The number of benzene rings is 3. The average molecular weight is 408 g/mol. The van der Waals surface area contributed by atoms with Crippen LogP contribution in [0.25, 0.3) is 23.3 Å². The third kappa shape index (κ3) is 3.66. The zero-order valence-electron chi connectivity index (χ0n) is 17.8. The summed E-state index contributed by atoms with van der Waals surface area (Å²) in [6.45, 7) is 4.79. The first kappa shape index (κ1) is 19.3. The Morgan fingerprint density at radius 1 is 0.968 bits per heavy atom. The van der Waals surface area contributed by atoms with Crippen LogP contribution in [0, 0.1) is 13.8 Å². The molecule has 2 heterocycles. The third-order valence-electron chi connectivity index (χ3n) is 5.97. The zero-order valence-corrected chi connectivity index (χ0v) is 17.8. The highest BCUT2D eigenvalue weighted by atomic mass is 16.2. The maximum absolute atomic E-state index is 13.0. The van der Waals surface area contributed by atoms with E-state index in [-0.39, 0.29) is 11.8 Å². The van der Waals surface area contributed by atoms with E-state index in [0.29, 0.717) is 13.0 Å². The van der Waals surface area contributed by atoms with Crippen LogP contribution in [-0.4, -0.2) is 22.0 Å². The van der Waals surface area contributed by atoms with E-state index in [1.165, 1.54) is 5.56 Å². The fraction of sp³-hybridized carbons (Fsp3) is 0.185. The topological polar surface area (TPSA) is 38.1 Å². The van der Waals surface area contributed by atoms with E-state index in [9.17, 15) is 4.79 Å². The van der Waals surface area contributed by atoms with E-state index >= 15 is 0 Å². The first-order chi connectivity index (χ1) is 15.1. The van der Waals surface area contributed by atoms with Gasteiger partial charge in [-0.25, -0.2) is 4.98 Å². The fourth-order valence-electron chi connectivity index (χ4n) is 4.45. The van der Waals surface area contributed by atoms with E-state index < -0.39 is 0 Å². The highest BCUT2D eigenvalue weighted by molar-refractivity contribution is 5.97. The maximum atomic E-state index is 13.0. The molecule has 1 amide bonds. The van der Waals surface area contributed by atoms with Crippen molar-refractivity contribution in [2.24, 2.45) is 0 Å². The number of hydrogen-bond donors (Lipinski definition) is 0. The zero-order chi connectivity index (χ0) is 21.4. The van der Waals surface area contributed by atoms with Crippen molar-refractivity contribution in [3.63, 3.8) is 0 Å². The van der Waals surface area contributed by atoms with Crippen molar-refractivity contribution in [2.45, 2.75) is 26.2 Å². The lowest BCUT2D eigenvalue weighted by atomic mass is 10.1. The first-order valence-corrected chi connectivity index (χ1v) is 10.7. The molecule has 3 aromatic carbocycles. The molecule has 0 N–H and O–H groups in total. The second-order valence-electron chi connectivity index (χ2n) is 8.25. The summed E-state index contributed by atoms with van der Waals surface area (Å²) in [5, 5.41) is 0. The molecule has 0 saturated carbocycles. The molecule has 1 atom stereocenters. The molecule has 0 radical (unpaired) electrons. The van der Waals surface area contributed by atoms with Gasteiger partial charge in [-0.1, -0.05) is 60.2 Å². The lowest BCUT2D eigenvalue weighted by molar-refractivity contribution is -0.117. The van der Waals surface area contributed by atoms with Gasteiger partial charge in [0.1, 0.15) is 5.82 Å². The summed E-state index contributed by atoms with van der Waals surface area (Å²) in [6.07, 6.45) is 4.64. The van der Waals surface area contributed by atoms with Crippen molar-refractivity contribution < 1.29 is 4.79 Å². The predicted octanol–water partition coefficient (Wildman–Crippen LogP) is 5.80. The van der Waals surface area contributed by atoms with Crippen molar-refractivity contribution in [3.8, 4) is 0 Å². The van der Waals surface area contributed by atoms with Crippen LogP contribution in [-0.2, 0) is 4.79 Å². The summed E-state index contributed by atoms with van der Waals surface area (Å²) in [5.74, 6) is 1.14. The van der Waals surface area contributed by atoms with Crippen LogP contribution in [0.4, 0.5) is 5.69 Å². The number of aromatic nitrogens is 2. The Kier molecular flexibility index (Phi) is 4.91. The molecule has 5 rings (SSSR count). The summed E-state index contributed by atoms with van der Waals surface area (Å²) >= 11 is 0. The molecule has 1 aliphatic heterocycles. The van der Waals surface area contributed by atoms with Gasteiger partial charge in [0.2, 0.25) is 5.91 Å². The van der Waals surface area contributed by atoms with Gasteiger partial charge in [-0.2, -0.15) is 0 Å². The third-order valence-corrected chi connectivity index (χ3v) is 5.97. The Hall–Kier alpha value is -3.66. The minimum atomic E-state index is 0.0426. The van der Waals surface area contributed by atoms with Crippen molar-refractivity contribution in [1.29, 1.82) is 0 Å². The normalized spacial score (nSPS) is 16.6. The molecule has 1 fully saturated rings. The van der Waals surface area contributed by atoms with E-state index in [2.05, 4.69) is 67.1 Å². The molecule has 0 spiro atoms. The minimum absolute atomic E-state index is 0.0426. The molecule has 4 nitrogen and oxygen atoms in total. The molecule has 4 aromatic rings. The van der Waals surface area contributed by atoms with Crippen LogP contribution >= 0.6 is 0 Å². The van der Waals surface area contributed by atoms with Crippen molar-refractivity contribution in [2.75, 3.05) is 11.4 Å². The summed E-state index contributed by atoms with van der Waals surface area (Å²) < 4.78 is 2.14. The van der Waals surface area contributed by atoms with Gasteiger partial charge >= 0.3 is 0 Å². The van der Waals surface area contributed by atoms with Crippen LogP contribution in [0.15, 0.2) is 72.8 Å². The number of rotatable bonds is 4. The molecule has 154 valence electrons. The average Bonchev–Trinajstić information content (AvgIpc) is 3.33. The van der Waals surface area contributed by atoms with Crippen molar-refractivity contribution >= 4 is 34.9 Å². The van der Waals surface area contributed by atoms with E-state index in [0.717, 1.165) is 33.7 Å². The van der Waals surface area contributed by atoms with Gasteiger partial charge in [-0.15, -0.1) is 0 Å². The number of carbonyl (C=O) groups excluding carboxylic acids is 1. The standard InChI is InChI=1S/C27H25N3O/c1-19-12-13-24(20(2)16-19)30-18-22(17-26(30)31)27-28-23-10-6-7-11-25(23)29(27)15-14-21-8-4-3-5-9-21/h3-16,22H,17-18H2,1-2H3. The molecular formula is C27H25N3O. The van der Waals surface area contributed by atoms with Gasteiger partial charge in [-0.05, 0) is 49.2 Å². The second-order valence-corrected chi connectivity index (χ2v) is 8.25. The molecule has 1 saturated heterocycles. The van der Waals surface area contributed by atoms with Gasteiger partial charge in [0.25, 0.3) is 0 Å². The monoisotopic (exact) mass is 407 g/mol. The van der Waals surface area contributed by atoms with Crippen molar-refractivity contribution in [3.05, 3.63) is 95.3 Å². The Morgan fingerprint density at radius 3 is 2.55 bits per heavy atom. The smallest absolute Gasteiger partial charge is 0.227 e. The SMILES string of the molecule is Cc1ccc(N2CC(c3nc4ccccc4n3C=Cc3ccccc3)CC2=O)c(C)c1. The lowest BCUT2D eigenvalue weighted by Crippen LogP contribution is -2.25. The summed E-state index contributed by atoms with van der Waals surface area (Å²) in [7, 11) is 0. The molecule has 1 aliphatic rings. The molecule has 1 unspecified atom stereocenters. The largest absolute Gasteiger partial charge is 0.311 e. The van der Waals surface area contributed by atoms with Crippen LogP contribution in [0.1, 0.15) is 34.9 Å². The Morgan fingerprint density at radius 2 is 1.74 bits per heavy atom. The number of anilines is 1. The number of carbonyl (C=O) groups is 1. The summed E-state index contributed by atoms with van der Waals surface area (Å²) in [4.78, 5) is 19.8. The van der Waals surface area contributed by atoms with Crippen LogP contribution in [0.3, 0.4) is 0 Å². The van der Waals surface area contributed by atoms with Gasteiger partial charge < -0.3 is 9.47 Å².